The quantitative estimate of drug-likeness (QED) is 0.484. The van der Waals surface area contributed by atoms with Crippen LogP contribution in [0.3, 0.4) is 0 Å². The topological polar surface area (TPSA) is 84.6 Å². The number of rotatable bonds is 8. The molecule has 0 bridgehead atoms. The van der Waals surface area contributed by atoms with Crippen LogP contribution in [-0.2, 0) is 12.8 Å². The van der Waals surface area contributed by atoms with Gasteiger partial charge in [-0.05, 0) is 78.3 Å². The van der Waals surface area contributed by atoms with E-state index < -0.39 is 0 Å². The van der Waals surface area contributed by atoms with Crippen molar-refractivity contribution in [2.24, 2.45) is 0 Å². The lowest BCUT2D eigenvalue weighted by atomic mass is 9.96. The summed E-state index contributed by atoms with van der Waals surface area (Å²) in [5, 5.41) is 22.8. The lowest BCUT2D eigenvalue weighted by Gasteiger charge is -2.12. The van der Waals surface area contributed by atoms with Crippen molar-refractivity contribution >= 4 is 17.6 Å². The Hall–Kier alpha value is -3.23. The third kappa shape index (κ3) is 4.54. The molecule has 0 saturated heterocycles. The Kier molecular flexibility index (Phi) is 6.36. The number of hydrogen-bond acceptors (Lipinski definition) is 5. The van der Waals surface area contributed by atoms with Gasteiger partial charge in [-0.3, -0.25) is 0 Å². The zero-order valence-corrected chi connectivity index (χ0v) is 16.2. The van der Waals surface area contributed by atoms with Gasteiger partial charge in [-0.25, -0.2) is 4.98 Å². The van der Waals surface area contributed by atoms with Gasteiger partial charge in [0.1, 0.15) is 11.9 Å². The molecule has 0 fully saturated rings. The van der Waals surface area contributed by atoms with E-state index in [1.165, 1.54) is 40.2 Å². The van der Waals surface area contributed by atoms with Gasteiger partial charge in [0.2, 0.25) is 0 Å². The van der Waals surface area contributed by atoms with Gasteiger partial charge in [0.15, 0.2) is 0 Å². The van der Waals surface area contributed by atoms with Crippen molar-refractivity contribution in [3.05, 3.63) is 76.6 Å². The largest absolute Gasteiger partial charge is 0.346 e. The van der Waals surface area contributed by atoms with E-state index in [0.717, 1.165) is 31.4 Å². The van der Waals surface area contributed by atoms with Crippen molar-refractivity contribution in [2.75, 3.05) is 18.4 Å². The van der Waals surface area contributed by atoms with E-state index in [1.807, 2.05) is 6.07 Å². The monoisotopic (exact) mass is 371 g/mol. The second kappa shape index (κ2) is 9.12. The SMILES string of the molecule is C=C1CCc2c1ccc(CCNC/C(C=N)=C/Nc1ccc(C#N)cn1)c2C. The molecule has 0 atom stereocenters. The normalized spacial score (nSPS) is 13.1. The van der Waals surface area contributed by atoms with Gasteiger partial charge < -0.3 is 16.0 Å². The van der Waals surface area contributed by atoms with E-state index in [2.05, 4.69) is 41.3 Å². The third-order valence-corrected chi connectivity index (χ3v) is 5.15. The van der Waals surface area contributed by atoms with Crippen molar-refractivity contribution < 1.29 is 0 Å². The van der Waals surface area contributed by atoms with Gasteiger partial charge in [0.05, 0.1) is 5.56 Å². The van der Waals surface area contributed by atoms with Crippen LogP contribution < -0.4 is 10.6 Å². The van der Waals surface area contributed by atoms with Gasteiger partial charge in [-0.2, -0.15) is 5.26 Å². The summed E-state index contributed by atoms with van der Waals surface area (Å²) in [6, 6.07) is 9.93. The highest BCUT2D eigenvalue weighted by Gasteiger charge is 2.17. The van der Waals surface area contributed by atoms with Gasteiger partial charge in [0.25, 0.3) is 0 Å². The number of hydrogen-bond donors (Lipinski definition) is 3. The van der Waals surface area contributed by atoms with Crippen molar-refractivity contribution in [1.82, 2.24) is 10.3 Å². The third-order valence-electron chi connectivity index (χ3n) is 5.15. The van der Waals surface area contributed by atoms with Gasteiger partial charge in [0, 0.05) is 25.2 Å². The predicted molar refractivity (Wildman–Crippen MR) is 115 cm³/mol. The number of aromatic nitrogens is 1. The summed E-state index contributed by atoms with van der Waals surface area (Å²) in [5.41, 5.74) is 8.18. The summed E-state index contributed by atoms with van der Waals surface area (Å²) in [4.78, 5) is 4.16. The molecule has 1 aromatic carbocycles. The maximum Gasteiger partial charge on any atom is 0.129 e. The molecule has 1 aromatic heterocycles. The molecule has 1 aliphatic rings. The van der Waals surface area contributed by atoms with E-state index in [9.17, 15) is 0 Å². The van der Waals surface area contributed by atoms with Gasteiger partial charge in [-0.1, -0.05) is 18.7 Å². The van der Waals surface area contributed by atoms with Crippen LogP contribution in [0, 0.1) is 23.7 Å². The molecule has 3 rings (SSSR count). The zero-order valence-electron chi connectivity index (χ0n) is 16.2. The van der Waals surface area contributed by atoms with Crippen LogP contribution >= 0.6 is 0 Å². The Labute approximate surface area is 166 Å². The number of anilines is 1. The van der Waals surface area contributed by atoms with E-state index in [1.54, 1.807) is 18.3 Å². The highest BCUT2D eigenvalue weighted by molar-refractivity contribution is 5.77. The molecule has 1 aliphatic carbocycles. The highest BCUT2D eigenvalue weighted by Crippen LogP contribution is 2.34. The summed E-state index contributed by atoms with van der Waals surface area (Å²) in [6.07, 6.45) is 7.76. The van der Waals surface area contributed by atoms with Crippen LogP contribution in [0.2, 0.25) is 0 Å². The fourth-order valence-corrected chi connectivity index (χ4v) is 3.45. The molecule has 5 heteroatoms. The smallest absolute Gasteiger partial charge is 0.129 e. The fraction of sp³-hybridized carbons (Fsp3) is 0.261. The van der Waals surface area contributed by atoms with Crippen molar-refractivity contribution in [3.8, 4) is 6.07 Å². The highest BCUT2D eigenvalue weighted by atomic mass is 15.0. The molecule has 3 N–H and O–H groups in total. The minimum Gasteiger partial charge on any atom is -0.346 e. The van der Waals surface area contributed by atoms with E-state index in [-0.39, 0.29) is 0 Å². The zero-order chi connectivity index (χ0) is 19.9. The second-order valence-corrected chi connectivity index (χ2v) is 6.96. The average molecular weight is 371 g/mol. The molecule has 0 amide bonds. The van der Waals surface area contributed by atoms with Crippen molar-refractivity contribution in [2.45, 2.75) is 26.2 Å². The standard InChI is InChI=1S/C23H25N5/c1-16-3-6-22-17(2)20(5-7-21(16)22)9-10-26-13-19(12-25)15-28-23-8-4-18(11-24)14-27-23/h4-5,7-8,12,14-15,25-26H,1,3,6,9-10,13H2,2H3,(H,27,28)/b19-15+,25-12?. The van der Waals surface area contributed by atoms with E-state index in [0.29, 0.717) is 17.9 Å². The minimum absolute atomic E-state index is 0.523. The Morgan fingerprint density at radius 1 is 1.32 bits per heavy atom. The number of benzene rings is 1. The lowest BCUT2D eigenvalue weighted by molar-refractivity contribution is 0.734. The molecule has 0 unspecified atom stereocenters. The molecule has 2 aromatic rings. The van der Waals surface area contributed by atoms with Crippen LogP contribution in [0.5, 0.6) is 0 Å². The van der Waals surface area contributed by atoms with Crippen LogP contribution in [0.25, 0.3) is 5.57 Å². The van der Waals surface area contributed by atoms with Crippen LogP contribution in [-0.4, -0.2) is 24.3 Å². The maximum absolute atomic E-state index is 8.80. The summed E-state index contributed by atoms with van der Waals surface area (Å²) in [6.45, 7) is 7.82. The fourth-order valence-electron chi connectivity index (χ4n) is 3.45. The van der Waals surface area contributed by atoms with Crippen LogP contribution in [0.15, 0.2) is 48.8 Å². The second-order valence-electron chi connectivity index (χ2n) is 6.96. The molecule has 0 saturated carbocycles. The molecule has 0 spiro atoms. The van der Waals surface area contributed by atoms with E-state index >= 15 is 0 Å². The number of nitrogens with one attached hydrogen (secondary N) is 3. The molecular weight excluding hydrogens is 346 g/mol. The van der Waals surface area contributed by atoms with E-state index in [4.69, 9.17) is 10.7 Å². The number of pyridine rings is 1. The summed E-state index contributed by atoms with van der Waals surface area (Å²) < 4.78 is 0. The van der Waals surface area contributed by atoms with Gasteiger partial charge >= 0.3 is 0 Å². The number of allylic oxidation sites excluding steroid dienone is 1. The number of fused-ring (bicyclic) bond motifs is 1. The first-order valence-corrected chi connectivity index (χ1v) is 9.45. The summed E-state index contributed by atoms with van der Waals surface area (Å²) in [7, 11) is 0. The molecule has 0 radical (unpaired) electrons. The molecule has 5 nitrogen and oxygen atoms in total. The Morgan fingerprint density at radius 3 is 2.89 bits per heavy atom. The first kappa shape index (κ1) is 19.5. The first-order valence-electron chi connectivity index (χ1n) is 9.45. The summed E-state index contributed by atoms with van der Waals surface area (Å²) in [5.74, 6) is 0.647. The number of nitriles is 1. The molecule has 0 aliphatic heterocycles. The Morgan fingerprint density at radius 2 is 2.18 bits per heavy atom. The Bertz CT molecular complexity index is 948. The lowest BCUT2D eigenvalue weighted by Crippen LogP contribution is -2.21. The molecule has 28 heavy (non-hydrogen) atoms. The van der Waals surface area contributed by atoms with Gasteiger partial charge in [-0.15, -0.1) is 0 Å². The molecule has 142 valence electrons. The predicted octanol–water partition coefficient (Wildman–Crippen LogP) is 4.00. The number of nitrogens with zero attached hydrogens (tertiary/aromatic N) is 2. The Balaban J connectivity index is 1.50. The van der Waals surface area contributed by atoms with Crippen molar-refractivity contribution in [3.63, 3.8) is 0 Å². The molecule has 1 heterocycles. The average Bonchev–Trinajstić information content (AvgIpc) is 3.11. The summed E-state index contributed by atoms with van der Waals surface area (Å²) >= 11 is 0. The van der Waals surface area contributed by atoms with Crippen LogP contribution in [0.4, 0.5) is 5.82 Å². The van der Waals surface area contributed by atoms with Crippen molar-refractivity contribution in [1.29, 1.82) is 10.7 Å². The van der Waals surface area contributed by atoms with Crippen LogP contribution in [0.1, 0.15) is 34.2 Å². The first-order chi connectivity index (χ1) is 13.6. The molecular formula is C23H25N5. The maximum atomic E-state index is 8.80. The minimum atomic E-state index is 0.523.